The van der Waals surface area contributed by atoms with E-state index in [1.165, 1.54) is 25.7 Å². The molecule has 2 aliphatic rings. The lowest BCUT2D eigenvalue weighted by atomic mass is 9.69. The van der Waals surface area contributed by atoms with Crippen molar-refractivity contribution in [3.05, 3.63) is 54.1 Å². The van der Waals surface area contributed by atoms with E-state index in [2.05, 4.69) is 6.92 Å². The quantitative estimate of drug-likeness (QED) is 0.432. The number of rotatable bonds is 7. The van der Waals surface area contributed by atoms with Crippen LogP contribution < -0.4 is 0 Å². The molecule has 154 valence electrons. The van der Waals surface area contributed by atoms with Crippen LogP contribution in [-0.4, -0.2) is 12.0 Å². The Morgan fingerprint density at radius 3 is 2.32 bits per heavy atom. The second kappa shape index (κ2) is 9.30. The monoisotopic (exact) mass is 392 g/mol. The Hall–Kier alpha value is -1.55. The van der Waals surface area contributed by atoms with E-state index in [4.69, 9.17) is 4.74 Å². The SMILES string of the molecule is CCCCC[C@H]1CC[C@H](C2(OC(F)(F)F)C=CC(c3ccccc3)=CC2)CC1. The zero-order valence-electron chi connectivity index (χ0n) is 16.7. The van der Waals surface area contributed by atoms with Gasteiger partial charge in [0.15, 0.2) is 0 Å². The van der Waals surface area contributed by atoms with Gasteiger partial charge in [-0.05, 0) is 42.2 Å². The fraction of sp³-hybridized carbons (Fsp3) is 0.583. The van der Waals surface area contributed by atoms with Crippen LogP contribution >= 0.6 is 0 Å². The summed E-state index contributed by atoms with van der Waals surface area (Å²) in [5, 5.41) is 0. The average molecular weight is 393 g/mol. The minimum Gasteiger partial charge on any atom is -0.280 e. The Bertz CT molecular complexity index is 669. The molecule has 4 heteroatoms. The molecule has 0 saturated heterocycles. The van der Waals surface area contributed by atoms with Crippen LogP contribution in [0.4, 0.5) is 13.2 Å². The number of ether oxygens (including phenoxy) is 1. The molecule has 3 rings (SSSR count). The van der Waals surface area contributed by atoms with Gasteiger partial charge in [-0.2, -0.15) is 0 Å². The second-order valence-corrected chi connectivity index (χ2v) is 8.28. The molecule has 1 saturated carbocycles. The highest BCUT2D eigenvalue weighted by Gasteiger charge is 2.48. The van der Waals surface area contributed by atoms with Gasteiger partial charge in [-0.1, -0.05) is 94.0 Å². The number of allylic oxidation sites excluding steroid dienone is 2. The summed E-state index contributed by atoms with van der Waals surface area (Å²) >= 11 is 0. The molecule has 0 aliphatic heterocycles. The van der Waals surface area contributed by atoms with E-state index >= 15 is 0 Å². The van der Waals surface area contributed by atoms with E-state index in [1.54, 1.807) is 6.08 Å². The predicted molar refractivity (Wildman–Crippen MR) is 108 cm³/mol. The smallest absolute Gasteiger partial charge is 0.280 e. The highest BCUT2D eigenvalue weighted by Crippen LogP contribution is 2.46. The topological polar surface area (TPSA) is 9.23 Å². The molecule has 0 heterocycles. The van der Waals surface area contributed by atoms with E-state index in [-0.39, 0.29) is 12.3 Å². The van der Waals surface area contributed by atoms with Gasteiger partial charge in [0, 0.05) is 0 Å². The molecule has 0 radical (unpaired) electrons. The third-order valence-corrected chi connectivity index (χ3v) is 6.35. The minimum absolute atomic E-state index is 0.0821. The lowest BCUT2D eigenvalue weighted by molar-refractivity contribution is -0.366. The van der Waals surface area contributed by atoms with Crippen molar-refractivity contribution in [2.45, 2.75) is 76.7 Å². The highest BCUT2D eigenvalue weighted by molar-refractivity contribution is 5.75. The summed E-state index contributed by atoms with van der Waals surface area (Å²) in [5.41, 5.74) is 0.736. The zero-order chi connectivity index (χ0) is 20.0. The number of unbranched alkanes of at least 4 members (excludes halogenated alkanes) is 2. The Balaban J connectivity index is 1.69. The molecule has 1 aromatic rings. The Labute approximate surface area is 166 Å². The average Bonchev–Trinajstić information content (AvgIpc) is 2.69. The summed E-state index contributed by atoms with van der Waals surface area (Å²) in [6, 6.07) is 9.78. The number of benzene rings is 1. The molecule has 1 nitrogen and oxygen atoms in total. The number of halogens is 3. The lowest BCUT2D eigenvalue weighted by Crippen LogP contribution is -2.45. The van der Waals surface area contributed by atoms with Crippen LogP contribution in [0.5, 0.6) is 0 Å². The Morgan fingerprint density at radius 1 is 1.04 bits per heavy atom. The van der Waals surface area contributed by atoms with Gasteiger partial charge in [0.1, 0.15) is 5.60 Å². The normalized spacial score (nSPS) is 28.2. The first-order valence-corrected chi connectivity index (χ1v) is 10.6. The van der Waals surface area contributed by atoms with E-state index in [0.717, 1.165) is 36.8 Å². The maximum absolute atomic E-state index is 13.3. The number of hydrogen-bond donors (Lipinski definition) is 0. The van der Waals surface area contributed by atoms with E-state index in [1.807, 2.05) is 42.5 Å². The maximum Gasteiger partial charge on any atom is 0.523 e. The summed E-state index contributed by atoms with van der Waals surface area (Å²) < 4.78 is 44.6. The molecule has 2 aliphatic carbocycles. The molecule has 1 atom stereocenters. The van der Waals surface area contributed by atoms with Crippen LogP contribution in [0.3, 0.4) is 0 Å². The van der Waals surface area contributed by atoms with Gasteiger partial charge >= 0.3 is 6.36 Å². The van der Waals surface area contributed by atoms with Crippen molar-refractivity contribution in [3.63, 3.8) is 0 Å². The van der Waals surface area contributed by atoms with Gasteiger partial charge < -0.3 is 0 Å². The predicted octanol–water partition coefficient (Wildman–Crippen LogP) is 7.69. The van der Waals surface area contributed by atoms with Crippen LogP contribution in [0.2, 0.25) is 0 Å². The molecule has 0 aromatic heterocycles. The standard InChI is InChI=1S/C24H31F3O/c1-2-3-5-8-19-11-13-22(14-12-19)23(28-24(25,26)27)17-15-21(16-18-23)20-9-6-4-7-10-20/h4,6-7,9-10,15-17,19,22H,2-3,5,8,11-14,18H2,1H3/t19-,22-,23?. The Morgan fingerprint density at radius 2 is 1.75 bits per heavy atom. The van der Waals surface area contributed by atoms with Gasteiger partial charge in [0.2, 0.25) is 0 Å². The molecule has 28 heavy (non-hydrogen) atoms. The first-order valence-electron chi connectivity index (χ1n) is 10.6. The molecule has 1 unspecified atom stereocenters. The largest absolute Gasteiger partial charge is 0.523 e. The van der Waals surface area contributed by atoms with Gasteiger partial charge in [-0.3, -0.25) is 4.74 Å². The fourth-order valence-electron chi connectivity index (χ4n) is 4.78. The maximum atomic E-state index is 13.3. The number of alkyl halides is 3. The minimum atomic E-state index is -4.62. The summed E-state index contributed by atoms with van der Waals surface area (Å²) in [6.07, 6.45) is 9.62. The molecule has 1 aromatic carbocycles. The lowest BCUT2D eigenvalue weighted by Gasteiger charge is -2.43. The van der Waals surface area contributed by atoms with Crippen molar-refractivity contribution in [2.24, 2.45) is 11.8 Å². The van der Waals surface area contributed by atoms with Crippen molar-refractivity contribution < 1.29 is 17.9 Å². The molecule has 0 bridgehead atoms. The van der Waals surface area contributed by atoms with Crippen molar-refractivity contribution in [1.29, 1.82) is 0 Å². The van der Waals surface area contributed by atoms with Crippen molar-refractivity contribution in [1.82, 2.24) is 0 Å². The zero-order valence-corrected chi connectivity index (χ0v) is 16.7. The summed E-state index contributed by atoms with van der Waals surface area (Å²) in [4.78, 5) is 0. The summed E-state index contributed by atoms with van der Waals surface area (Å²) in [7, 11) is 0. The van der Waals surface area contributed by atoms with Crippen molar-refractivity contribution in [2.75, 3.05) is 0 Å². The van der Waals surface area contributed by atoms with Gasteiger partial charge in [-0.25, -0.2) is 0 Å². The first-order chi connectivity index (χ1) is 13.4. The summed E-state index contributed by atoms with van der Waals surface area (Å²) in [6.45, 7) is 2.20. The second-order valence-electron chi connectivity index (χ2n) is 8.28. The van der Waals surface area contributed by atoms with Crippen molar-refractivity contribution in [3.8, 4) is 0 Å². The molecule has 0 N–H and O–H groups in total. The van der Waals surface area contributed by atoms with Crippen LogP contribution in [0.25, 0.3) is 5.57 Å². The molecular weight excluding hydrogens is 361 g/mol. The molecular formula is C24H31F3O. The highest BCUT2D eigenvalue weighted by atomic mass is 19.4. The first kappa shape index (κ1) is 21.2. The molecule has 0 amide bonds. The third-order valence-electron chi connectivity index (χ3n) is 6.35. The van der Waals surface area contributed by atoms with E-state index in [0.29, 0.717) is 5.92 Å². The van der Waals surface area contributed by atoms with Gasteiger partial charge in [0.05, 0.1) is 0 Å². The third kappa shape index (κ3) is 5.50. The van der Waals surface area contributed by atoms with Crippen LogP contribution in [0.1, 0.15) is 70.3 Å². The van der Waals surface area contributed by atoms with Gasteiger partial charge in [0.25, 0.3) is 0 Å². The molecule has 1 fully saturated rings. The summed E-state index contributed by atoms with van der Waals surface area (Å²) in [5.74, 6) is 0.579. The fourth-order valence-corrected chi connectivity index (χ4v) is 4.78. The van der Waals surface area contributed by atoms with E-state index in [9.17, 15) is 13.2 Å². The van der Waals surface area contributed by atoms with E-state index < -0.39 is 12.0 Å². The van der Waals surface area contributed by atoms with Crippen molar-refractivity contribution >= 4 is 5.57 Å². The Kier molecular flexibility index (Phi) is 7.03. The van der Waals surface area contributed by atoms with Crippen LogP contribution in [0.15, 0.2) is 48.6 Å². The van der Waals surface area contributed by atoms with Gasteiger partial charge in [-0.15, -0.1) is 13.2 Å². The number of hydrogen-bond acceptors (Lipinski definition) is 1. The van der Waals surface area contributed by atoms with Crippen LogP contribution in [0, 0.1) is 11.8 Å². The van der Waals surface area contributed by atoms with Crippen LogP contribution in [-0.2, 0) is 4.74 Å². The molecule has 0 spiro atoms.